The number of ether oxygens (including phenoxy) is 1. The molecule has 20 heavy (non-hydrogen) atoms. The van der Waals surface area contributed by atoms with Gasteiger partial charge in [-0.05, 0) is 49.6 Å². The first-order valence-corrected chi connectivity index (χ1v) is 7.03. The molecule has 0 radical (unpaired) electrons. The number of fused-ring (bicyclic) bond motifs is 1. The number of benzene rings is 1. The van der Waals surface area contributed by atoms with Gasteiger partial charge in [0.15, 0.2) is 5.82 Å². The van der Waals surface area contributed by atoms with Gasteiger partial charge in [0.25, 0.3) is 0 Å². The van der Waals surface area contributed by atoms with E-state index in [4.69, 9.17) is 4.74 Å². The van der Waals surface area contributed by atoms with Gasteiger partial charge in [0.1, 0.15) is 18.7 Å². The zero-order valence-corrected chi connectivity index (χ0v) is 12.0. The summed E-state index contributed by atoms with van der Waals surface area (Å²) in [5.74, 6) is 1.72. The molecule has 0 saturated carbocycles. The fourth-order valence-corrected chi connectivity index (χ4v) is 2.75. The van der Waals surface area contributed by atoms with Crippen molar-refractivity contribution in [2.45, 2.75) is 31.9 Å². The van der Waals surface area contributed by atoms with Gasteiger partial charge in [-0.2, -0.15) is 0 Å². The van der Waals surface area contributed by atoms with E-state index in [-0.39, 0.29) is 0 Å². The Hall–Kier alpha value is -1.88. The largest absolute Gasteiger partial charge is 0.486 e. The van der Waals surface area contributed by atoms with Crippen molar-refractivity contribution >= 4 is 0 Å². The van der Waals surface area contributed by atoms with Crippen LogP contribution in [-0.2, 0) is 20.1 Å². The number of aromatic nitrogens is 3. The molecule has 1 aliphatic carbocycles. The van der Waals surface area contributed by atoms with Crippen molar-refractivity contribution in [1.82, 2.24) is 20.1 Å². The minimum Gasteiger partial charge on any atom is -0.486 e. The lowest BCUT2D eigenvalue weighted by molar-refractivity contribution is 0.290. The zero-order valence-electron chi connectivity index (χ0n) is 12.0. The lowest BCUT2D eigenvalue weighted by Crippen LogP contribution is -2.21. The van der Waals surface area contributed by atoms with Crippen molar-refractivity contribution in [3.8, 4) is 5.75 Å². The second kappa shape index (κ2) is 5.63. The lowest BCUT2D eigenvalue weighted by Gasteiger charge is -2.25. The fraction of sp³-hybridized carbons (Fsp3) is 0.467. The van der Waals surface area contributed by atoms with E-state index in [0.717, 1.165) is 18.0 Å². The van der Waals surface area contributed by atoms with Gasteiger partial charge in [-0.3, -0.25) is 0 Å². The molecule has 5 heteroatoms. The highest BCUT2D eigenvalue weighted by atomic mass is 16.5. The maximum atomic E-state index is 5.84. The van der Waals surface area contributed by atoms with E-state index in [0.29, 0.717) is 12.6 Å². The van der Waals surface area contributed by atoms with Crippen LogP contribution in [0.2, 0.25) is 0 Å². The van der Waals surface area contributed by atoms with Crippen molar-refractivity contribution < 1.29 is 4.74 Å². The summed E-state index contributed by atoms with van der Waals surface area (Å²) >= 11 is 0. The van der Waals surface area contributed by atoms with Gasteiger partial charge < -0.3 is 14.6 Å². The lowest BCUT2D eigenvalue weighted by atomic mass is 9.87. The molecule has 0 fully saturated rings. The first-order chi connectivity index (χ1) is 9.78. The van der Waals surface area contributed by atoms with Crippen molar-refractivity contribution in [1.29, 1.82) is 0 Å². The Bertz CT molecular complexity index is 593. The van der Waals surface area contributed by atoms with E-state index in [1.165, 1.54) is 24.0 Å². The monoisotopic (exact) mass is 272 g/mol. The molecule has 106 valence electrons. The van der Waals surface area contributed by atoms with Crippen LogP contribution in [0.4, 0.5) is 0 Å². The molecule has 1 unspecified atom stereocenters. The van der Waals surface area contributed by atoms with Crippen LogP contribution < -0.4 is 10.1 Å². The van der Waals surface area contributed by atoms with Crippen LogP contribution in [0, 0.1) is 0 Å². The molecular formula is C15H20N4O. The van der Waals surface area contributed by atoms with Crippen LogP contribution in [0.15, 0.2) is 24.5 Å². The average molecular weight is 272 g/mol. The number of nitrogens with zero attached hydrogens (tertiary/aromatic N) is 3. The third kappa shape index (κ3) is 2.54. The van der Waals surface area contributed by atoms with E-state index >= 15 is 0 Å². The maximum Gasteiger partial charge on any atom is 0.170 e. The van der Waals surface area contributed by atoms with E-state index < -0.39 is 0 Å². The molecule has 1 aliphatic rings. The van der Waals surface area contributed by atoms with E-state index in [1.807, 2.05) is 24.7 Å². The molecule has 1 aromatic heterocycles. The summed E-state index contributed by atoms with van der Waals surface area (Å²) in [6.07, 6.45) is 5.29. The maximum absolute atomic E-state index is 5.84. The molecule has 1 aromatic carbocycles. The smallest absolute Gasteiger partial charge is 0.170 e. The molecule has 1 N–H and O–H groups in total. The fourth-order valence-electron chi connectivity index (χ4n) is 2.75. The second-order valence-corrected chi connectivity index (χ2v) is 5.24. The van der Waals surface area contributed by atoms with Crippen LogP contribution in [0.25, 0.3) is 0 Å². The normalized spacial score (nSPS) is 17.8. The first kappa shape index (κ1) is 13.1. The molecule has 0 saturated heterocycles. The number of hydrogen-bond donors (Lipinski definition) is 1. The highest BCUT2D eigenvalue weighted by Gasteiger charge is 2.19. The third-order valence-electron chi connectivity index (χ3n) is 3.95. The summed E-state index contributed by atoms with van der Waals surface area (Å²) in [5, 5.41) is 11.3. The molecule has 1 atom stereocenters. The van der Waals surface area contributed by atoms with Crippen molar-refractivity contribution in [2.24, 2.45) is 7.05 Å². The number of aryl methyl sites for hydroxylation is 2. The van der Waals surface area contributed by atoms with E-state index in [2.05, 4.69) is 27.6 Å². The molecule has 5 nitrogen and oxygen atoms in total. The number of hydrogen-bond acceptors (Lipinski definition) is 4. The average Bonchev–Trinajstić information content (AvgIpc) is 2.89. The van der Waals surface area contributed by atoms with Crippen LogP contribution in [0.3, 0.4) is 0 Å². The second-order valence-electron chi connectivity index (χ2n) is 5.24. The van der Waals surface area contributed by atoms with E-state index in [9.17, 15) is 0 Å². The highest BCUT2D eigenvalue weighted by Crippen LogP contribution is 2.32. The number of nitrogens with one attached hydrogen (secondary N) is 1. The molecular weight excluding hydrogens is 252 g/mol. The van der Waals surface area contributed by atoms with Gasteiger partial charge in [0.2, 0.25) is 0 Å². The summed E-state index contributed by atoms with van der Waals surface area (Å²) in [4.78, 5) is 0. The van der Waals surface area contributed by atoms with Crippen LogP contribution in [0.1, 0.15) is 35.8 Å². The van der Waals surface area contributed by atoms with Crippen molar-refractivity contribution in [3.05, 3.63) is 41.5 Å². The molecule has 0 spiro atoms. The minimum atomic E-state index is 0.442. The summed E-state index contributed by atoms with van der Waals surface area (Å²) in [5.41, 5.74) is 2.80. The zero-order chi connectivity index (χ0) is 13.9. The Morgan fingerprint density at radius 2 is 2.35 bits per heavy atom. The van der Waals surface area contributed by atoms with Gasteiger partial charge in [0.05, 0.1) is 0 Å². The Morgan fingerprint density at radius 1 is 1.45 bits per heavy atom. The molecule has 0 aliphatic heterocycles. The number of rotatable bonds is 4. The summed E-state index contributed by atoms with van der Waals surface area (Å²) < 4.78 is 7.71. The molecule has 0 bridgehead atoms. The van der Waals surface area contributed by atoms with Gasteiger partial charge in [-0.25, -0.2) is 0 Å². The predicted octanol–water partition coefficient (Wildman–Crippen LogP) is 1.99. The Kier molecular flexibility index (Phi) is 3.69. The van der Waals surface area contributed by atoms with E-state index in [1.54, 1.807) is 6.33 Å². The summed E-state index contributed by atoms with van der Waals surface area (Å²) in [7, 11) is 3.94. The Balaban J connectivity index is 1.76. The highest BCUT2D eigenvalue weighted by molar-refractivity contribution is 5.39. The standard InChI is InChI=1S/C15H20N4O/c1-16-14-5-3-4-11-6-7-12(8-13(11)14)20-9-15-18-17-10-19(15)2/h6-8,10,14,16H,3-5,9H2,1-2H3. The van der Waals surface area contributed by atoms with Gasteiger partial charge in [-0.1, -0.05) is 6.07 Å². The van der Waals surface area contributed by atoms with Crippen LogP contribution in [0.5, 0.6) is 5.75 Å². The predicted molar refractivity (Wildman–Crippen MR) is 76.5 cm³/mol. The topological polar surface area (TPSA) is 52.0 Å². The van der Waals surface area contributed by atoms with Gasteiger partial charge >= 0.3 is 0 Å². The summed E-state index contributed by atoms with van der Waals surface area (Å²) in [6.45, 7) is 0.444. The molecule has 1 heterocycles. The Morgan fingerprint density at radius 3 is 3.10 bits per heavy atom. The quantitative estimate of drug-likeness (QED) is 0.925. The molecule has 0 amide bonds. The third-order valence-corrected chi connectivity index (χ3v) is 3.95. The van der Waals surface area contributed by atoms with Crippen LogP contribution in [-0.4, -0.2) is 21.8 Å². The first-order valence-electron chi connectivity index (χ1n) is 7.03. The summed E-state index contributed by atoms with van der Waals surface area (Å²) in [6, 6.07) is 6.83. The SMILES string of the molecule is CNC1CCCc2ccc(OCc3nncn3C)cc21. The van der Waals surface area contributed by atoms with Crippen molar-refractivity contribution in [3.63, 3.8) is 0 Å². The van der Waals surface area contributed by atoms with Gasteiger partial charge in [-0.15, -0.1) is 10.2 Å². The molecule has 2 aromatic rings. The Labute approximate surface area is 119 Å². The molecule has 3 rings (SSSR count). The van der Waals surface area contributed by atoms with Gasteiger partial charge in [0, 0.05) is 13.1 Å². The minimum absolute atomic E-state index is 0.442. The van der Waals surface area contributed by atoms with Crippen LogP contribution >= 0.6 is 0 Å². The van der Waals surface area contributed by atoms with Crippen molar-refractivity contribution in [2.75, 3.05) is 7.05 Å².